The van der Waals surface area contributed by atoms with Crippen LogP contribution in [0.1, 0.15) is 25.7 Å². The Hall–Kier alpha value is -2.38. The maximum absolute atomic E-state index is 13.4. The Kier molecular flexibility index (Phi) is 4.65. The van der Waals surface area contributed by atoms with E-state index in [4.69, 9.17) is 17.3 Å². The first-order chi connectivity index (χ1) is 12.6. The predicted molar refractivity (Wildman–Crippen MR) is 102 cm³/mol. The summed E-state index contributed by atoms with van der Waals surface area (Å²) in [5.41, 5.74) is 7.38. The van der Waals surface area contributed by atoms with Gasteiger partial charge in [0.2, 0.25) is 0 Å². The minimum Gasteiger partial charge on any atom is -0.367 e. The van der Waals surface area contributed by atoms with E-state index >= 15 is 0 Å². The van der Waals surface area contributed by atoms with Crippen molar-refractivity contribution in [3.8, 4) is 0 Å². The molecule has 0 spiro atoms. The third-order valence-corrected chi connectivity index (χ3v) is 4.96. The molecule has 0 saturated heterocycles. The highest BCUT2D eigenvalue weighted by molar-refractivity contribution is 6.31. The Morgan fingerprint density at radius 3 is 2.73 bits per heavy atom. The van der Waals surface area contributed by atoms with Gasteiger partial charge in [-0.2, -0.15) is 9.61 Å². The average Bonchev–Trinajstić information content (AvgIpc) is 3.09. The van der Waals surface area contributed by atoms with Crippen LogP contribution >= 0.6 is 11.6 Å². The van der Waals surface area contributed by atoms with Crippen LogP contribution in [0.2, 0.25) is 5.02 Å². The fourth-order valence-electron chi connectivity index (χ4n) is 3.27. The third kappa shape index (κ3) is 3.59. The molecular formula is C18H20ClFN6. The number of nitrogens with one attached hydrogen (secondary N) is 2. The summed E-state index contributed by atoms with van der Waals surface area (Å²) in [4.78, 5) is 4.61. The molecule has 0 amide bonds. The molecule has 1 fully saturated rings. The van der Waals surface area contributed by atoms with Crippen molar-refractivity contribution in [3.63, 3.8) is 0 Å². The van der Waals surface area contributed by atoms with Crippen LogP contribution in [0.15, 0.2) is 36.5 Å². The van der Waals surface area contributed by atoms with Crippen LogP contribution in [0.5, 0.6) is 0 Å². The largest absolute Gasteiger partial charge is 0.367 e. The fourth-order valence-corrected chi connectivity index (χ4v) is 3.45. The van der Waals surface area contributed by atoms with Crippen LogP contribution in [0.3, 0.4) is 0 Å². The van der Waals surface area contributed by atoms with Crippen molar-refractivity contribution in [2.24, 2.45) is 5.73 Å². The second-order valence-corrected chi connectivity index (χ2v) is 7.04. The highest BCUT2D eigenvalue weighted by Crippen LogP contribution is 2.26. The number of rotatable bonds is 4. The lowest BCUT2D eigenvalue weighted by molar-refractivity contribution is 0.410. The Bertz CT molecular complexity index is 919. The standard InChI is InChI=1S/C18H20ClFN6/c19-14-9-13(5-6-15(14)20)24-18-10-16(25-17-7-8-22-26(17)18)23-12-3-1-11(21)2-4-12/h5-12,24H,1-4,21H2,(H,23,25). The van der Waals surface area contributed by atoms with Gasteiger partial charge in [0.15, 0.2) is 5.65 Å². The summed E-state index contributed by atoms with van der Waals surface area (Å²) in [5, 5.41) is 11.1. The molecule has 0 unspecified atom stereocenters. The quantitative estimate of drug-likeness (QED) is 0.644. The van der Waals surface area contributed by atoms with Crippen LogP contribution in [0.25, 0.3) is 5.65 Å². The third-order valence-electron chi connectivity index (χ3n) is 4.68. The van der Waals surface area contributed by atoms with Crippen molar-refractivity contribution in [1.29, 1.82) is 0 Å². The predicted octanol–water partition coefficient (Wildman–Crippen LogP) is 3.95. The molecule has 0 atom stereocenters. The van der Waals surface area contributed by atoms with Gasteiger partial charge >= 0.3 is 0 Å². The van der Waals surface area contributed by atoms with Gasteiger partial charge in [-0.3, -0.25) is 0 Å². The van der Waals surface area contributed by atoms with Gasteiger partial charge in [-0.05, 0) is 43.9 Å². The molecule has 1 aliphatic rings. The SMILES string of the molecule is NC1CCC(Nc2cc(Nc3ccc(F)c(Cl)c3)n3nccc3n2)CC1. The number of fused-ring (bicyclic) bond motifs is 1. The first-order valence-electron chi connectivity index (χ1n) is 8.67. The number of halogens is 2. The maximum atomic E-state index is 13.4. The molecule has 2 heterocycles. The monoisotopic (exact) mass is 374 g/mol. The molecule has 0 radical (unpaired) electrons. The molecule has 1 aliphatic carbocycles. The van der Waals surface area contributed by atoms with E-state index in [9.17, 15) is 4.39 Å². The van der Waals surface area contributed by atoms with Gasteiger partial charge in [0, 0.05) is 29.9 Å². The number of anilines is 3. The first kappa shape index (κ1) is 17.1. The molecule has 4 rings (SSSR count). The molecule has 6 nitrogen and oxygen atoms in total. The Morgan fingerprint density at radius 1 is 1.15 bits per heavy atom. The highest BCUT2D eigenvalue weighted by Gasteiger charge is 2.19. The summed E-state index contributed by atoms with van der Waals surface area (Å²) in [6, 6.07) is 8.90. The molecule has 2 aromatic heterocycles. The summed E-state index contributed by atoms with van der Waals surface area (Å²) in [6.07, 6.45) is 5.79. The van der Waals surface area contributed by atoms with Gasteiger partial charge < -0.3 is 16.4 Å². The van der Waals surface area contributed by atoms with E-state index in [0.29, 0.717) is 17.8 Å². The van der Waals surface area contributed by atoms with E-state index in [-0.39, 0.29) is 5.02 Å². The molecule has 136 valence electrons. The summed E-state index contributed by atoms with van der Waals surface area (Å²) < 4.78 is 15.1. The lowest BCUT2D eigenvalue weighted by Gasteiger charge is -2.27. The summed E-state index contributed by atoms with van der Waals surface area (Å²) >= 11 is 5.88. The minimum atomic E-state index is -0.450. The second kappa shape index (κ2) is 7.09. The van der Waals surface area contributed by atoms with Crippen LogP contribution in [-0.2, 0) is 0 Å². The first-order valence-corrected chi connectivity index (χ1v) is 9.05. The van der Waals surface area contributed by atoms with Crippen molar-refractivity contribution >= 4 is 34.6 Å². The van der Waals surface area contributed by atoms with E-state index in [1.54, 1.807) is 22.8 Å². The van der Waals surface area contributed by atoms with Gasteiger partial charge in [0.25, 0.3) is 0 Å². The van der Waals surface area contributed by atoms with Crippen molar-refractivity contribution in [2.75, 3.05) is 10.6 Å². The summed E-state index contributed by atoms with van der Waals surface area (Å²) in [6.45, 7) is 0. The van der Waals surface area contributed by atoms with Crippen LogP contribution < -0.4 is 16.4 Å². The van der Waals surface area contributed by atoms with Crippen molar-refractivity contribution in [1.82, 2.24) is 14.6 Å². The van der Waals surface area contributed by atoms with E-state index in [0.717, 1.165) is 43.0 Å². The maximum Gasteiger partial charge on any atom is 0.159 e. The molecular weight excluding hydrogens is 355 g/mol. The molecule has 0 aliphatic heterocycles. The zero-order chi connectivity index (χ0) is 18.1. The zero-order valence-electron chi connectivity index (χ0n) is 14.1. The van der Waals surface area contributed by atoms with Gasteiger partial charge in [0.1, 0.15) is 17.5 Å². The molecule has 1 aromatic carbocycles. The summed E-state index contributed by atoms with van der Waals surface area (Å²) in [5.74, 6) is 1.04. The molecule has 4 N–H and O–H groups in total. The number of nitrogens with two attached hydrogens (primary N) is 1. The average molecular weight is 375 g/mol. The number of hydrogen-bond acceptors (Lipinski definition) is 5. The number of aromatic nitrogens is 3. The lowest BCUT2D eigenvalue weighted by Crippen LogP contribution is -2.33. The normalized spacial score (nSPS) is 20.3. The number of nitrogens with zero attached hydrogens (tertiary/aromatic N) is 3. The Morgan fingerprint density at radius 2 is 1.96 bits per heavy atom. The van der Waals surface area contributed by atoms with E-state index in [1.807, 2.05) is 12.1 Å². The van der Waals surface area contributed by atoms with Crippen molar-refractivity contribution in [2.45, 2.75) is 37.8 Å². The van der Waals surface area contributed by atoms with E-state index < -0.39 is 5.82 Å². The molecule has 26 heavy (non-hydrogen) atoms. The zero-order valence-corrected chi connectivity index (χ0v) is 14.9. The second-order valence-electron chi connectivity index (χ2n) is 6.64. The van der Waals surface area contributed by atoms with E-state index in [1.165, 1.54) is 6.07 Å². The van der Waals surface area contributed by atoms with Gasteiger partial charge in [-0.15, -0.1) is 0 Å². The topological polar surface area (TPSA) is 80.3 Å². The number of hydrogen-bond donors (Lipinski definition) is 3. The Labute approximate surface area is 155 Å². The van der Waals surface area contributed by atoms with Gasteiger partial charge in [0.05, 0.1) is 11.2 Å². The molecule has 3 aromatic rings. The molecule has 0 bridgehead atoms. The smallest absolute Gasteiger partial charge is 0.159 e. The number of benzene rings is 1. The van der Waals surface area contributed by atoms with Gasteiger partial charge in [-0.1, -0.05) is 11.6 Å². The Balaban J connectivity index is 1.61. The van der Waals surface area contributed by atoms with Crippen molar-refractivity contribution < 1.29 is 4.39 Å². The minimum absolute atomic E-state index is 0.0673. The molecule has 8 heteroatoms. The highest BCUT2D eigenvalue weighted by atomic mass is 35.5. The van der Waals surface area contributed by atoms with Crippen molar-refractivity contribution in [3.05, 3.63) is 47.4 Å². The van der Waals surface area contributed by atoms with Gasteiger partial charge in [-0.25, -0.2) is 9.37 Å². The van der Waals surface area contributed by atoms with E-state index in [2.05, 4.69) is 20.7 Å². The van der Waals surface area contributed by atoms with Crippen LogP contribution in [-0.4, -0.2) is 26.7 Å². The lowest BCUT2D eigenvalue weighted by atomic mass is 9.92. The van der Waals surface area contributed by atoms with Crippen LogP contribution in [0.4, 0.5) is 21.7 Å². The molecule has 1 saturated carbocycles. The summed E-state index contributed by atoms with van der Waals surface area (Å²) in [7, 11) is 0. The fraction of sp³-hybridized carbons (Fsp3) is 0.333. The van der Waals surface area contributed by atoms with Crippen LogP contribution in [0, 0.1) is 5.82 Å².